The molecule has 2 aliphatic rings. The topological polar surface area (TPSA) is 57.3 Å². The Morgan fingerprint density at radius 3 is 2.83 bits per heavy atom. The number of halogens is 1. The zero-order valence-corrected chi connectivity index (χ0v) is 17.9. The van der Waals surface area contributed by atoms with Gasteiger partial charge in [-0.1, -0.05) is 19.1 Å². The number of thiazole rings is 1. The Bertz CT molecular complexity index is 853. The number of benzene rings is 1. The van der Waals surface area contributed by atoms with E-state index in [2.05, 4.69) is 22.5 Å². The summed E-state index contributed by atoms with van der Waals surface area (Å²) in [5, 5.41) is 8.09. The van der Waals surface area contributed by atoms with Crippen LogP contribution in [0.15, 0.2) is 24.3 Å². The standard InChI is InChI=1S/C22H29FN4OS/c1-3-17-10-11-19(26-17)24-13-18-5-4-12-27(18)22(28)20-21(29-14(2)25-20)15-6-8-16(23)9-7-15/h6-9,17-19,24,26H,3-5,10-13H2,1-2H3/t17?,18?,19-/m0/s1. The molecule has 2 saturated heterocycles. The van der Waals surface area contributed by atoms with E-state index in [1.807, 2.05) is 11.8 Å². The number of likely N-dealkylation sites (tertiary alicyclic amines) is 1. The van der Waals surface area contributed by atoms with Crippen LogP contribution in [0.4, 0.5) is 4.39 Å². The summed E-state index contributed by atoms with van der Waals surface area (Å²) in [6, 6.07) is 7.09. The maximum absolute atomic E-state index is 13.4. The van der Waals surface area contributed by atoms with Crippen molar-refractivity contribution in [3.63, 3.8) is 0 Å². The lowest BCUT2D eigenvalue weighted by molar-refractivity contribution is 0.0728. The normalized spacial score (nSPS) is 24.4. The van der Waals surface area contributed by atoms with E-state index in [-0.39, 0.29) is 17.8 Å². The van der Waals surface area contributed by atoms with Crippen LogP contribution in [0.2, 0.25) is 0 Å². The van der Waals surface area contributed by atoms with Crippen LogP contribution in [0.5, 0.6) is 0 Å². The average Bonchev–Trinajstić information content (AvgIpc) is 3.45. The summed E-state index contributed by atoms with van der Waals surface area (Å²) in [5.41, 5.74) is 1.34. The van der Waals surface area contributed by atoms with Crippen molar-refractivity contribution in [3.05, 3.63) is 40.8 Å². The molecule has 1 aromatic carbocycles. The molecule has 3 heterocycles. The molecule has 2 aromatic rings. The molecule has 2 aliphatic heterocycles. The van der Waals surface area contributed by atoms with Gasteiger partial charge in [-0.25, -0.2) is 9.37 Å². The fourth-order valence-corrected chi connectivity index (χ4v) is 5.32. The van der Waals surface area contributed by atoms with Crippen LogP contribution in [-0.4, -0.2) is 47.1 Å². The summed E-state index contributed by atoms with van der Waals surface area (Å²) in [6.07, 6.45) is 5.87. The third-order valence-electron chi connectivity index (χ3n) is 6.01. The van der Waals surface area contributed by atoms with E-state index in [1.165, 1.54) is 29.9 Å². The van der Waals surface area contributed by atoms with Gasteiger partial charge in [0.15, 0.2) is 0 Å². The maximum atomic E-state index is 13.4. The Balaban J connectivity index is 1.46. The molecule has 3 atom stereocenters. The molecule has 2 N–H and O–H groups in total. The van der Waals surface area contributed by atoms with Crippen LogP contribution in [0.3, 0.4) is 0 Å². The molecule has 4 rings (SSSR count). The van der Waals surface area contributed by atoms with Gasteiger partial charge in [0.2, 0.25) is 0 Å². The molecule has 1 aromatic heterocycles. The molecule has 0 spiro atoms. The van der Waals surface area contributed by atoms with Gasteiger partial charge in [-0.3, -0.25) is 15.4 Å². The fourth-order valence-electron chi connectivity index (χ4n) is 4.40. The van der Waals surface area contributed by atoms with Gasteiger partial charge in [-0.05, 0) is 56.7 Å². The maximum Gasteiger partial charge on any atom is 0.274 e. The van der Waals surface area contributed by atoms with Crippen molar-refractivity contribution in [2.45, 2.75) is 64.2 Å². The highest BCUT2D eigenvalue weighted by atomic mass is 32.1. The summed E-state index contributed by atoms with van der Waals surface area (Å²) >= 11 is 1.49. The molecule has 156 valence electrons. The van der Waals surface area contributed by atoms with Crippen LogP contribution in [0.1, 0.15) is 54.5 Å². The lowest BCUT2D eigenvalue weighted by atomic mass is 10.1. The molecule has 5 nitrogen and oxygen atoms in total. The first kappa shape index (κ1) is 20.4. The zero-order valence-electron chi connectivity index (χ0n) is 17.1. The molecule has 7 heteroatoms. The minimum atomic E-state index is -0.278. The first-order chi connectivity index (χ1) is 14.0. The molecule has 0 bridgehead atoms. The second kappa shape index (κ2) is 8.90. The van der Waals surface area contributed by atoms with Gasteiger partial charge in [-0.15, -0.1) is 11.3 Å². The van der Waals surface area contributed by atoms with Crippen molar-refractivity contribution >= 4 is 17.2 Å². The number of carbonyl (C=O) groups is 1. The summed E-state index contributed by atoms with van der Waals surface area (Å²) in [5.74, 6) is -0.289. The van der Waals surface area contributed by atoms with Crippen molar-refractivity contribution < 1.29 is 9.18 Å². The summed E-state index contributed by atoms with van der Waals surface area (Å²) in [7, 11) is 0. The van der Waals surface area contributed by atoms with Gasteiger partial charge in [0.25, 0.3) is 5.91 Å². The second-order valence-electron chi connectivity index (χ2n) is 8.02. The smallest absolute Gasteiger partial charge is 0.274 e. The predicted molar refractivity (Wildman–Crippen MR) is 115 cm³/mol. The zero-order chi connectivity index (χ0) is 20.4. The van der Waals surface area contributed by atoms with Gasteiger partial charge in [0, 0.05) is 25.2 Å². The van der Waals surface area contributed by atoms with Gasteiger partial charge in [0.05, 0.1) is 16.1 Å². The van der Waals surface area contributed by atoms with Gasteiger partial charge < -0.3 is 4.90 Å². The Hall–Kier alpha value is -1.83. The number of aryl methyl sites for hydroxylation is 1. The van der Waals surface area contributed by atoms with E-state index >= 15 is 0 Å². The summed E-state index contributed by atoms with van der Waals surface area (Å²) in [6.45, 7) is 5.69. The number of nitrogens with zero attached hydrogens (tertiary/aromatic N) is 2. The number of nitrogens with one attached hydrogen (secondary N) is 2. The van der Waals surface area contributed by atoms with Crippen LogP contribution in [0, 0.1) is 12.7 Å². The predicted octanol–water partition coefficient (Wildman–Crippen LogP) is 3.94. The Labute approximate surface area is 175 Å². The number of hydrogen-bond donors (Lipinski definition) is 2. The van der Waals surface area contributed by atoms with Crippen LogP contribution in [-0.2, 0) is 0 Å². The largest absolute Gasteiger partial charge is 0.333 e. The quantitative estimate of drug-likeness (QED) is 0.749. The summed E-state index contributed by atoms with van der Waals surface area (Å²) < 4.78 is 13.3. The Morgan fingerprint density at radius 1 is 1.31 bits per heavy atom. The number of carbonyl (C=O) groups excluding carboxylic acids is 1. The Morgan fingerprint density at radius 2 is 2.10 bits per heavy atom. The van der Waals surface area contributed by atoms with E-state index in [9.17, 15) is 9.18 Å². The highest BCUT2D eigenvalue weighted by Gasteiger charge is 2.33. The van der Waals surface area contributed by atoms with E-state index in [0.717, 1.165) is 54.2 Å². The lowest BCUT2D eigenvalue weighted by Gasteiger charge is -2.26. The summed E-state index contributed by atoms with van der Waals surface area (Å²) in [4.78, 5) is 20.7. The molecule has 0 saturated carbocycles. The minimum absolute atomic E-state index is 0.0104. The van der Waals surface area contributed by atoms with E-state index < -0.39 is 0 Å². The van der Waals surface area contributed by atoms with Crippen molar-refractivity contribution in [3.8, 4) is 10.4 Å². The molecular formula is C22H29FN4OS. The van der Waals surface area contributed by atoms with Crippen LogP contribution in [0.25, 0.3) is 10.4 Å². The van der Waals surface area contributed by atoms with Crippen molar-refractivity contribution in [2.24, 2.45) is 0 Å². The SMILES string of the molecule is CCC1CC[C@@H](NCC2CCCN2C(=O)c2nc(C)sc2-c2ccc(F)cc2)N1. The first-order valence-electron chi connectivity index (χ1n) is 10.6. The van der Waals surface area contributed by atoms with Crippen molar-refractivity contribution in [2.75, 3.05) is 13.1 Å². The molecular weight excluding hydrogens is 387 g/mol. The van der Waals surface area contributed by atoms with E-state index in [4.69, 9.17) is 0 Å². The molecule has 0 aliphatic carbocycles. The second-order valence-corrected chi connectivity index (χ2v) is 9.23. The third-order valence-corrected chi connectivity index (χ3v) is 7.03. The van der Waals surface area contributed by atoms with Gasteiger partial charge in [-0.2, -0.15) is 0 Å². The van der Waals surface area contributed by atoms with E-state index in [1.54, 1.807) is 12.1 Å². The number of hydrogen-bond acceptors (Lipinski definition) is 5. The minimum Gasteiger partial charge on any atom is -0.333 e. The number of rotatable bonds is 6. The van der Waals surface area contributed by atoms with Gasteiger partial charge in [0.1, 0.15) is 11.5 Å². The first-order valence-corrected chi connectivity index (χ1v) is 11.4. The fraction of sp³-hybridized carbons (Fsp3) is 0.545. The Kier molecular flexibility index (Phi) is 6.27. The molecule has 0 radical (unpaired) electrons. The van der Waals surface area contributed by atoms with Crippen molar-refractivity contribution in [1.29, 1.82) is 0 Å². The van der Waals surface area contributed by atoms with E-state index in [0.29, 0.717) is 17.9 Å². The molecule has 29 heavy (non-hydrogen) atoms. The monoisotopic (exact) mass is 416 g/mol. The van der Waals surface area contributed by atoms with Crippen LogP contribution >= 0.6 is 11.3 Å². The average molecular weight is 417 g/mol. The number of aromatic nitrogens is 1. The van der Waals surface area contributed by atoms with Gasteiger partial charge >= 0.3 is 0 Å². The van der Waals surface area contributed by atoms with Crippen molar-refractivity contribution in [1.82, 2.24) is 20.5 Å². The molecule has 1 amide bonds. The number of amides is 1. The molecule has 2 unspecified atom stereocenters. The highest BCUT2D eigenvalue weighted by molar-refractivity contribution is 7.15. The lowest BCUT2D eigenvalue weighted by Crippen LogP contribution is -2.48. The molecule has 2 fully saturated rings. The van der Waals surface area contributed by atoms with Crippen LogP contribution < -0.4 is 10.6 Å². The third kappa shape index (κ3) is 4.52. The highest BCUT2D eigenvalue weighted by Crippen LogP contribution is 2.32.